The lowest BCUT2D eigenvalue weighted by molar-refractivity contribution is -0.0384. The van der Waals surface area contributed by atoms with Crippen molar-refractivity contribution in [2.45, 2.75) is 56.9 Å². The number of alkyl halides is 2. The molecule has 2 aliphatic rings. The number of anilines is 2. The number of amides is 1. The van der Waals surface area contributed by atoms with Crippen molar-refractivity contribution in [1.82, 2.24) is 15.0 Å². The highest BCUT2D eigenvalue weighted by Crippen LogP contribution is 2.44. The van der Waals surface area contributed by atoms with E-state index in [9.17, 15) is 22.4 Å². The number of benzene rings is 1. The lowest BCUT2D eigenvalue weighted by Crippen LogP contribution is -2.46. The Morgan fingerprint density at radius 2 is 1.75 bits per heavy atom. The molecule has 3 heterocycles. The zero-order chi connectivity index (χ0) is 25.4. The van der Waals surface area contributed by atoms with Gasteiger partial charge in [-0.15, -0.1) is 0 Å². The van der Waals surface area contributed by atoms with Crippen LogP contribution in [0, 0.1) is 11.6 Å². The molecule has 1 amide bonds. The zero-order valence-electron chi connectivity index (χ0n) is 19.6. The highest BCUT2D eigenvalue weighted by molar-refractivity contribution is 6.06. The summed E-state index contributed by atoms with van der Waals surface area (Å²) in [5.41, 5.74) is 0.861. The molecule has 6 nitrogen and oxygen atoms in total. The number of nitrogens with zero attached hydrogens (tertiary/aromatic N) is 4. The molecule has 3 aromatic rings. The van der Waals surface area contributed by atoms with Crippen LogP contribution in [-0.4, -0.2) is 39.4 Å². The maximum absolute atomic E-state index is 14.7. The Balaban J connectivity index is 1.50. The minimum Gasteiger partial charge on any atom is -0.338 e. The molecule has 0 spiro atoms. The summed E-state index contributed by atoms with van der Waals surface area (Å²) in [7, 11) is 0. The smallest absolute Gasteiger partial charge is 0.258 e. The minimum absolute atomic E-state index is 0.0616. The van der Waals surface area contributed by atoms with E-state index in [1.165, 1.54) is 24.7 Å². The lowest BCUT2D eigenvalue weighted by atomic mass is 9.83. The molecule has 188 valence electrons. The van der Waals surface area contributed by atoms with Gasteiger partial charge in [0.05, 0.1) is 16.9 Å². The normalized spacial score (nSPS) is 19.6. The van der Waals surface area contributed by atoms with Crippen LogP contribution < -0.4 is 10.2 Å². The van der Waals surface area contributed by atoms with Gasteiger partial charge >= 0.3 is 0 Å². The van der Waals surface area contributed by atoms with Crippen molar-refractivity contribution in [1.29, 1.82) is 0 Å². The first kappa shape index (κ1) is 24.1. The van der Waals surface area contributed by atoms with Crippen LogP contribution >= 0.6 is 0 Å². The van der Waals surface area contributed by atoms with Crippen LogP contribution in [0.4, 0.5) is 29.2 Å². The standard InChI is InChI=1S/C26H25F4N5O/c1-15-7-11-35(15)25-32-13-17(14-33-25)24(36)34-23-19(20-12-18(27)2-3-21(20)28)6-10-31-22(23)16-4-8-26(29,30)9-5-16/h2-3,6,10,12-16H,4-5,7-9,11H2,1H3,(H,34,36). The molecule has 1 saturated heterocycles. The molecule has 0 bridgehead atoms. The second kappa shape index (κ2) is 9.48. The fourth-order valence-electron chi connectivity index (χ4n) is 4.75. The first-order valence-electron chi connectivity index (χ1n) is 11.9. The van der Waals surface area contributed by atoms with Crippen LogP contribution in [0.1, 0.15) is 61.0 Å². The summed E-state index contributed by atoms with van der Waals surface area (Å²) in [6.45, 7) is 2.90. The number of rotatable bonds is 5. The second-order valence-electron chi connectivity index (χ2n) is 9.43. The molecule has 1 unspecified atom stereocenters. The van der Waals surface area contributed by atoms with E-state index < -0.39 is 23.5 Å². The largest absolute Gasteiger partial charge is 0.338 e. The van der Waals surface area contributed by atoms with Crippen molar-refractivity contribution >= 4 is 17.5 Å². The van der Waals surface area contributed by atoms with Crippen LogP contribution in [-0.2, 0) is 0 Å². The molecule has 36 heavy (non-hydrogen) atoms. The summed E-state index contributed by atoms with van der Waals surface area (Å²) < 4.78 is 56.4. The fraction of sp³-hybridized carbons (Fsp3) is 0.385. The van der Waals surface area contributed by atoms with Gasteiger partial charge in [-0.1, -0.05) is 0 Å². The second-order valence-corrected chi connectivity index (χ2v) is 9.43. The Bertz CT molecular complexity index is 1270. The number of nitrogens with one attached hydrogen (secondary N) is 1. The van der Waals surface area contributed by atoms with Crippen LogP contribution in [0.2, 0.25) is 0 Å². The number of aromatic nitrogens is 3. The predicted molar refractivity (Wildman–Crippen MR) is 127 cm³/mol. The molecule has 1 aliphatic carbocycles. The molecule has 10 heteroatoms. The van der Waals surface area contributed by atoms with Gasteiger partial charge in [0.15, 0.2) is 0 Å². The number of carbonyl (C=O) groups is 1. The Morgan fingerprint density at radius 3 is 2.39 bits per heavy atom. The van der Waals surface area contributed by atoms with E-state index in [2.05, 4.69) is 27.2 Å². The van der Waals surface area contributed by atoms with Crippen LogP contribution in [0.3, 0.4) is 0 Å². The maximum atomic E-state index is 14.7. The first-order valence-corrected chi connectivity index (χ1v) is 11.9. The van der Waals surface area contributed by atoms with Crippen molar-refractivity contribution in [3.05, 3.63) is 65.7 Å². The SMILES string of the molecule is CC1CCN1c1ncc(C(=O)Nc2c(-c3cc(F)ccc3F)ccnc2C2CCC(F)(F)CC2)cn1. The molecule has 2 aromatic heterocycles. The van der Waals surface area contributed by atoms with Crippen molar-refractivity contribution in [3.8, 4) is 11.1 Å². The molecule has 1 saturated carbocycles. The van der Waals surface area contributed by atoms with Gasteiger partial charge in [0.25, 0.3) is 5.91 Å². The molecule has 5 rings (SSSR count). The summed E-state index contributed by atoms with van der Waals surface area (Å²) in [4.78, 5) is 28.2. The van der Waals surface area contributed by atoms with E-state index in [0.717, 1.165) is 31.2 Å². The Morgan fingerprint density at radius 1 is 1.03 bits per heavy atom. The first-order chi connectivity index (χ1) is 17.2. The molecular formula is C26H25F4N5O. The van der Waals surface area contributed by atoms with E-state index in [1.54, 1.807) is 0 Å². The monoisotopic (exact) mass is 499 g/mol. The van der Waals surface area contributed by atoms with E-state index in [-0.39, 0.29) is 54.0 Å². The van der Waals surface area contributed by atoms with Crippen LogP contribution in [0.15, 0.2) is 42.9 Å². The van der Waals surface area contributed by atoms with Gasteiger partial charge in [0.1, 0.15) is 11.6 Å². The quantitative estimate of drug-likeness (QED) is 0.439. The van der Waals surface area contributed by atoms with Crippen molar-refractivity contribution in [3.63, 3.8) is 0 Å². The topological polar surface area (TPSA) is 71.0 Å². The number of halogens is 4. The average Bonchev–Trinajstić information content (AvgIpc) is 2.85. The molecule has 1 aliphatic heterocycles. The summed E-state index contributed by atoms with van der Waals surface area (Å²) in [6, 6.07) is 4.83. The van der Waals surface area contributed by atoms with Gasteiger partial charge in [-0.2, -0.15) is 0 Å². The van der Waals surface area contributed by atoms with Gasteiger partial charge < -0.3 is 10.2 Å². The molecule has 2 fully saturated rings. The molecule has 1 atom stereocenters. The third-order valence-electron chi connectivity index (χ3n) is 7.02. The van der Waals surface area contributed by atoms with E-state index in [4.69, 9.17) is 0 Å². The van der Waals surface area contributed by atoms with Crippen molar-refractivity contribution in [2.24, 2.45) is 0 Å². The summed E-state index contributed by atoms with van der Waals surface area (Å²) in [5, 5.41) is 2.77. The van der Waals surface area contributed by atoms with Gasteiger partial charge in [-0.05, 0) is 50.5 Å². The Hall–Kier alpha value is -3.56. The van der Waals surface area contributed by atoms with Gasteiger partial charge in [0, 0.05) is 61.1 Å². The van der Waals surface area contributed by atoms with Gasteiger partial charge in [-0.25, -0.2) is 27.5 Å². The fourth-order valence-corrected chi connectivity index (χ4v) is 4.75. The highest BCUT2D eigenvalue weighted by atomic mass is 19.3. The maximum Gasteiger partial charge on any atom is 0.258 e. The van der Waals surface area contributed by atoms with Crippen molar-refractivity contribution < 1.29 is 22.4 Å². The minimum atomic E-state index is -2.75. The zero-order valence-corrected chi connectivity index (χ0v) is 19.6. The molecule has 1 aromatic carbocycles. The third-order valence-corrected chi connectivity index (χ3v) is 7.02. The predicted octanol–water partition coefficient (Wildman–Crippen LogP) is 5.96. The van der Waals surface area contributed by atoms with Gasteiger partial charge in [0.2, 0.25) is 11.9 Å². The summed E-state index contributed by atoms with van der Waals surface area (Å²) in [6.07, 6.45) is 4.97. The number of carbonyl (C=O) groups excluding carboxylic acids is 1. The number of pyridine rings is 1. The van der Waals surface area contributed by atoms with Gasteiger partial charge in [-0.3, -0.25) is 9.78 Å². The highest BCUT2D eigenvalue weighted by Gasteiger charge is 2.37. The molecular weight excluding hydrogens is 474 g/mol. The Labute approximate surface area is 205 Å². The van der Waals surface area contributed by atoms with Crippen LogP contribution in [0.25, 0.3) is 11.1 Å². The molecule has 1 N–H and O–H groups in total. The van der Waals surface area contributed by atoms with Crippen LogP contribution in [0.5, 0.6) is 0 Å². The Kier molecular flexibility index (Phi) is 6.36. The van der Waals surface area contributed by atoms with E-state index in [1.807, 2.05) is 4.90 Å². The molecule has 0 radical (unpaired) electrons. The average molecular weight is 500 g/mol. The third kappa shape index (κ3) is 4.76. The van der Waals surface area contributed by atoms with Crippen molar-refractivity contribution in [2.75, 3.05) is 16.8 Å². The van der Waals surface area contributed by atoms with E-state index in [0.29, 0.717) is 17.7 Å². The lowest BCUT2D eigenvalue weighted by Gasteiger charge is -2.38. The number of hydrogen-bond acceptors (Lipinski definition) is 5. The summed E-state index contributed by atoms with van der Waals surface area (Å²) in [5.74, 6) is -4.49. The van der Waals surface area contributed by atoms with E-state index >= 15 is 0 Å². The summed E-state index contributed by atoms with van der Waals surface area (Å²) >= 11 is 0. The number of hydrogen-bond donors (Lipinski definition) is 1.